The van der Waals surface area contributed by atoms with E-state index in [1.165, 1.54) is 6.20 Å². The van der Waals surface area contributed by atoms with Crippen molar-refractivity contribution in [1.29, 1.82) is 5.26 Å². The lowest BCUT2D eigenvalue weighted by molar-refractivity contribution is -0.117. The van der Waals surface area contributed by atoms with Gasteiger partial charge in [0.15, 0.2) is 0 Å². The van der Waals surface area contributed by atoms with Crippen LogP contribution in [0.5, 0.6) is 0 Å². The van der Waals surface area contributed by atoms with Crippen molar-refractivity contribution in [2.45, 2.75) is 39.3 Å². The third-order valence-corrected chi connectivity index (χ3v) is 3.18. The van der Waals surface area contributed by atoms with Crippen LogP contribution in [0.4, 0.5) is 0 Å². The molecule has 1 rings (SSSR count). The van der Waals surface area contributed by atoms with Gasteiger partial charge in [-0.15, -0.1) is 0 Å². The van der Waals surface area contributed by atoms with Crippen LogP contribution in [0.2, 0.25) is 0 Å². The fourth-order valence-electron chi connectivity index (χ4n) is 1.92. The topological polar surface area (TPSA) is 74.1 Å². The molecule has 23 heavy (non-hydrogen) atoms. The third kappa shape index (κ3) is 7.48. The van der Waals surface area contributed by atoms with Gasteiger partial charge < -0.3 is 15.4 Å². The Morgan fingerprint density at radius 3 is 2.61 bits per heavy atom. The molecule has 1 aromatic carbocycles. The minimum atomic E-state index is -0.380. The van der Waals surface area contributed by atoms with E-state index in [4.69, 9.17) is 10.00 Å². The summed E-state index contributed by atoms with van der Waals surface area (Å²) in [4.78, 5) is 12.1. The van der Waals surface area contributed by atoms with E-state index in [9.17, 15) is 4.79 Å². The Labute approximate surface area is 138 Å². The van der Waals surface area contributed by atoms with Crippen molar-refractivity contribution in [3.63, 3.8) is 0 Å². The number of hydrogen-bond acceptors (Lipinski definition) is 4. The smallest absolute Gasteiger partial charge is 0.263 e. The molecule has 5 nitrogen and oxygen atoms in total. The zero-order valence-electron chi connectivity index (χ0n) is 14.0. The number of carbonyl (C=O) groups excluding carboxylic acids is 1. The first-order chi connectivity index (χ1) is 11.0. The van der Waals surface area contributed by atoms with Gasteiger partial charge in [-0.1, -0.05) is 30.3 Å². The van der Waals surface area contributed by atoms with E-state index >= 15 is 0 Å². The molecule has 0 aromatic heterocycles. The SMILES string of the molecule is CC(C)OCCCN/C=C(/C#N)C(=O)NC(C)c1ccccc1. The highest BCUT2D eigenvalue weighted by atomic mass is 16.5. The number of amides is 1. The summed E-state index contributed by atoms with van der Waals surface area (Å²) in [6, 6.07) is 11.4. The largest absolute Gasteiger partial charge is 0.390 e. The molecule has 1 unspecified atom stereocenters. The molecule has 0 fully saturated rings. The van der Waals surface area contributed by atoms with Gasteiger partial charge in [-0.25, -0.2) is 0 Å². The van der Waals surface area contributed by atoms with Crippen molar-refractivity contribution in [3.8, 4) is 6.07 Å². The van der Waals surface area contributed by atoms with Crippen molar-refractivity contribution in [2.24, 2.45) is 0 Å². The highest BCUT2D eigenvalue weighted by molar-refractivity contribution is 5.97. The Morgan fingerprint density at radius 1 is 1.30 bits per heavy atom. The van der Waals surface area contributed by atoms with Crippen LogP contribution in [0, 0.1) is 11.3 Å². The van der Waals surface area contributed by atoms with Crippen LogP contribution in [0.1, 0.15) is 38.8 Å². The summed E-state index contributed by atoms with van der Waals surface area (Å²) in [5.41, 5.74) is 1.06. The minimum Gasteiger partial charge on any atom is -0.390 e. The van der Waals surface area contributed by atoms with Crippen molar-refractivity contribution in [3.05, 3.63) is 47.7 Å². The number of nitrogens with zero attached hydrogens (tertiary/aromatic N) is 1. The highest BCUT2D eigenvalue weighted by Crippen LogP contribution is 2.11. The molecule has 0 saturated heterocycles. The van der Waals surface area contributed by atoms with Crippen LogP contribution in [0.3, 0.4) is 0 Å². The number of hydrogen-bond donors (Lipinski definition) is 2. The number of rotatable bonds is 9. The van der Waals surface area contributed by atoms with E-state index in [0.29, 0.717) is 13.2 Å². The standard InChI is InChI=1S/C18H25N3O2/c1-14(2)23-11-7-10-20-13-17(12-19)18(22)21-15(3)16-8-5-4-6-9-16/h4-6,8-9,13-15,20H,7,10-11H2,1-3H3,(H,21,22)/b17-13-. The summed E-state index contributed by atoms with van der Waals surface area (Å²) in [5, 5.41) is 14.9. The van der Waals surface area contributed by atoms with Gasteiger partial charge in [0.1, 0.15) is 11.6 Å². The fourth-order valence-corrected chi connectivity index (χ4v) is 1.92. The molecular weight excluding hydrogens is 290 g/mol. The van der Waals surface area contributed by atoms with Gasteiger partial charge in [-0.05, 0) is 32.8 Å². The minimum absolute atomic E-state index is 0.0672. The van der Waals surface area contributed by atoms with Crippen molar-refractivity contribution >= 4 is 5.91 Å². The van der Waals surface area contributed by atoms with E-state index in [1.54, 1.807) is 0 Å². The van der Waals surface area contributed by atoms with Gasteiger partial charge in [0.05, 0.1) is 12.1 Å². The normalized spacial score (nSPS) is 12.6. The first-order valence-electron chi connectivity index (χ1n) is 7.85. The maximum Gasteiger partial charge on any atom is 0.263 e. The molecule has 1 atom stereocenters. The first kappa shape index (κ1) is 18.7. The lowest BCUT2D eigenvalue weighted by atomic mass is 10.1. The van der Waals surface area contributed by atoms with E-state index < -0.39 is 0 Å². The highest BCUT2D eigenvalue weighted by Gasteiger charge is 2.13. The Balaban J connectivity index is 2.42. The van der Waals surface area contributed by atoms with Gasteiger partial charge in [-0.2, -0.15) is 5.26 Å². The summed E-state index contributed by atoms with van der Waals surface area (Å²) in [6.45, 7) is 7.16. The molecule has 5 heteroatoms. The number of benzene rings is 1. The number of ether oxygens (including phenoxy) is 1. The molecule has 0 heterocycles. The zero-order chi connectivity index (χ0) is 17.1. The van der Waals surface area contributed by atoms with E-state index in [0.717, 1.165) is 12.0 Å². The molecule has 0 aliphatic heterocycles. The van der Waals surface area contributed by atoms with Crippen LogP contribution in [-0.4, -0.2) is 25.2 Å². The van der Waals surface area contributed by atoms with Crippen molar-refractivity contribution in [1.82, 2.24) is 10.6 Å². The van der Waals surface area contributed by atoms with E-state index in [1.807, 2.05) is 57.2 Å². The molecule has 2 N–H and O–H groups in total. The van der Waals surface area contributed by atoms with Crippen LogP contribution >= 0.6 is 0 Å². The second-order valence-corrected chi connectivity index (χ2v) is 5.50. The Morgan fingerprint density at radius 2 is 2.00 bits per heavy atom. The second-order valence-electron chi connectivity index (χ2n) is 5.50. The monoisotopic (exact) mass is 315 g/mol. The van der Waals surface area contributed by atoms with Crippen molar-refractivity contribution in [2.75, 3.05) is 13.2 Å². The maximum absolute atomic E-state index is 12.1. The van der Waals surface area contributed by atoms with Gasteiger partial charge >= 0.3 is 0 Å². The zero-order valence-corrected chi connectivity index (χ0v) is 14.0. The third-order valence-electron chi connectivity index (χ3n) is 3.18. The van der Waals surface area contributed by atoms with E-state index in [2.05, 4.69) is 10.6 Å². The van der Waals surface area contributed by atoms with Crippen LogP contribution < -0.4 is 10.6 Å². The van der Waals surface area contributed by atoms with Crippen LogP contribution in [0.15, 0.2) is 42.1 Å². The second kappa shape index (κ2) is 10.4. The van der Waals surface area contributed by atoms with Gasteiger partial charge in [-0.3, -0.25) is 4.79 Å². The Hall–Kier alpha value is -2.32. The summed E-state index contributed by atoms with van der Waals surface area (Å²) in [7, 11) is 0. The fraction of sp³-hybridized carbons (Fsp3) is 0.444. The summed E-state index contributed by atoms with van der Waals surface area (Å²) in [5.74, 6) is -0.380. The lowest BCUT2D eigenvalue weighted by Gasteiger charge is -2.13. The average molecular weight is 315 g/mol. The van der Waals surface area contributed by atoms with Gasteiger partial charge in [0, 0.05) is 19.4 Å². The average Bonchev–Trinajstić information content (AvgIpc) is 2.54. The quantitative estimate of drug-likeness (QED) is 0.417. The van der Waals surface area contributed by atoms with Crippen LogP contribution in [0.25, 0.3) is 0 Å². The molecule has 124 valence electrons. The number of carbonyl (C=O) groups is 1. The predicted molar refractivity (Wildman–Crippen MR) is 90.4 cm³/mol. The molecular formula is C18H25N3O2. The number of nitrogens with one attached hydrogen (secondary N) is 2. The summed E-state index contributed by atoms with van der Waals surface area (Å²) >= 11 is 0. The van der Waals surface area contributed by atoms with Gasteiger partial charge in [0.25, 0.3) is 5.91 Å². The first-order valence-corrected chi connectivity index (χ1v) is 7.85. The predicted octanol–water partition coefficient (Wildman–Crippen LogP) is 2.68. The molecule has 0 radical (unpaired) electrons. The van der Waals surface area contributed by atoms with E-state index in [-0.39, 0.29) is 23.6 Å². The molecule has 0 aliphatic rings. The van der Waals surface area contributed by atoms with Gasteiger partial charge in [0.2, 0.25) is 0 Å². The lowest BCUT2D eigenvalue weighted by Crippen LogP contribution is -2.28. The van der Waals surface area contributed by atoms with Crippen LogP contribution in [-0.2, 0) is 9.53 Å². The molecule has 0 bridgehead atoms. The van der Waals surface area contributed by atoms with Crippen molar-refractivity contribution < 1.29 is 9.53 Å². The molecule has 0 saturated carbocycles. The number of nitriles is 1. The molecule has 1 amide bonds. The Kier molecular flexibility index (Phi) is 8.48. The Bertz CT molecular complexity index is 547. The summed E-state index contributed by atoms with van der Waals surface area (Å²) in [6.07, 6.45) is 2.49. The molecule has 1 aromatic rings. The molecule has 0 aliphatic carbocycles. The maximum atomic E-state index is 12.1. The molecule has 0 spiro atoms. The summed E-state index contributed by atoms with van der Waals surface area (Å²) < 4.78 is 5.42.